The maximum Gasteiger partial charge on any atom is 0.244 e. The van der Waals surface area contributed by atoms with Gasteiger partial charge in [0, 0.05) is 44.2 Å². The average Bonchev–Trinajstić information content (AvgIpc) is 3.20. The predicted octanol–water partition coefficient (Wildman–Crippen LogP) is 2.57. The van der Waals surface area contributed by atoms with Crippen molar-refractivity contribution in [2.24, 2.45) is 11.8 Å². The average molecular weight is 377 g/mol. The number of amides is 2. The van der Waals surface area contributed by atoms with Crippen molar-refractivity contribution in [3.8, 4) is 0 Å². The van der Waals surface area contributed by atoms with Crippen LogP contribution in [0, 0.1) is 17.7 Å². The zero-order chi connectivity index (χ0) is 19.2. The number of hydrogen-bond acceptors (Lipinski definition) is 4. The van der Waals surface area contributed by atoms with Crippen molar-refractivity contribution in [1.29, 1.82) is 0 Å². The van der Waals surface area contributed by atoms with Gasteiger partial charge in [-0.3, -0.25) is 14.8 Å². The van der Waals surface area contributed by atoms with Crippen molar-refractivity contribution in [3.63, 3.8) is 0 Å². The van der Waals surface area contributed by atoms with Gasteiger partial charge in [0.1, 0.15) is 5.82 Å². The molecule has 1 heterocycles. The van der Waals surface area contributed by atoms with Crippen LogP contribution in [0.25, 0.3) is 0 Å². The van der Waals surface area contributed by atoms with Crippen LogP contribution in [-0.2, 0) is 9.59 Å². The number of halogens is 1. The lowest BCUT2D eigenvalue weighted by molar-refractivity contribution is -0.141. The van der Waals surface area contributed by atoms with Gasteiger partial charge in [0.2, 0.25) is 11.8 Å². The molecule has 2 N–H and O–H groups in total. The number of rotatable bonds is 6. The summed E-state index contributed by atoms with van der Waals surface area (Å²) in [6.45, 7) is 2.52. The standard InChI is InChI=1S/C20H28FN3O3/c21-17-5-7-18(8-6-17)23-9-11-24(12-10-23)20(26)16(14-19(25)22-27)13-15-3-1-2-4-15/h5-8,15-16,27H,1-4,9-14H2,(H,22,25)/t16-/m1/s1. The van der Waals surface area contributed by atoms with Crippen molar-refractivity contribution in [2.75, 3.05) is 31.1 Å². The van der Waals surface area contributed by atoms with Crippen molar-refractivity contribution < 1.29 is 19.2 Å². The molecule has 2 aliphatic rings. The number of hydroxylamine groups is 1. The molecule has 1 saturated carbocycles. The molecule has 1 aromatic carbocycles. The number of carbonyl (C=O) groups excluding carboxylic acids is 2. The number of benzene rings is 1. The fourth-order valence-electron chi connectivity index (χ4n) is 4.28. The monoisotopic (exact) mass is 377 g/mol. The molecule has 2 amide bonds. The third-order valence-electron chi connectivity index (χ3n) is 5.78. The minimum absolute atomic E-state index is 0.00394. The molecule has 2 fully saturated rings. The second-order valence-corrected chi connectivity index (χ2v) is 7.61. The lowest BCUT2D eigenvalue weighted by atomic mass is 9.89. The third kappa shape index (κ3) is 5.19. The first kappa shape index (κ1) is 19.6. The zero-order valence-electron chi connectivity index (χ0n) is 15.6. The second-order valence-electron chi connectivity index (χ2n) is 7.61. The highest BCUT2D eigenvalue weighted by atomic mass is 19.1. The molecule has 1 aliphatic heterocycles. The van der Waals surface area contributed by atoms with Crippen LogP contribution in [0.4, 0.5) is 10.1 Å². The summed E-state index contributed by atoms with van der Waals surface area (Å²) in [4.78, 5) is 28.7. The van der Waals surface area contributed by atoms with Crippen molar-refractivity contribution in [3.05, 3.63) is 30.1 Å². The number of piperazine rings is 1. The Morgan fingerprint density at radius 1 is 1.11 bits per heavy atom. The van der Waals surface area contributed by atoms with E-state index in [0.29, 0.717) is 38.5 Å². The Morgan fingerprint density at radius 2 is 1.74 bits per heavy atom. The largest absolute Gasteiger partial charge is 0.368 e. The van der Waals surface area contributed by atoms with Crippen LogP contribution in [0.15, 0.2) is 24.3 Å². The molecule has 1 aliphatic carbocycles. The van der Waals surface area contributed by atoms with E-state index in [1.54, 1.807) is 17.6 Å². The van der Waals surface area contributed by atoms with Crippen LogP contribution < -0.4 is 10.4 Å². The summed E-state index contributed by atoms with van der Waals surface area (Å²) in [6, 6.07) is 6.39. The van der Waals surface area contributed by atoms with Crippen LogP contribution in [0.2, 0.25) is 0 Å². The van der Waals surface area contributed by atoms with E-state index in [4.69, 9.17) is 5.21 Å². The Balaban J connectivity index is 1.58. The highest BCUT2D eigenvalue weighted by molar-refractivity contribution is 5.85. The minimum Gasteiger partial charge on any atom is -0.368 e. The summed E-state index contributed by atoms with van der Waals surface area (Å²) < 4.78 is 13.1. The highest BCUT2D eigenvalue weighted by Gasteiger charge is 2.31. The van der Waals surface area contributed by atoms with Gasteiger partial charge in [-0.1, -0.05) is 25.7 Å². The first-order valence-corrected chi connectivity index (χ1v) is 9.79. The Bertz CT molecular complexity index is 638. The van der Waals surface area contributed by atoms with Gasteiger partial charge in [0.05, 0.1) is 0 Å². The quantitative estimate of drug-likeness (QED) is 0.590. The molecule has 6 nitrogen and oxygen atoms in total. The van der Waals surface area contributed by atoms with E-state index in [1.165, 1.54) is 25.0 Å². The molecular formula is C20H28FN3O3. The molecule has 7 heteroatoms. The summed E-state index contributed by atoms with van der Waals surface area (Å²) in [5, 5.41) is 8.86. The van der Waals surface area contributed by atoms with Gasteiger partial charge in [-0.2, -0.15) is 0 Å². The number of anilines is 1. The van der Waals surface area contributed by atoms with Crippen LogP contribution in [0.1, 0.15) is 38.5 Å². The summed E-state index contributed by atoms with van der Waals surface area (Å²) in [5.41, 5.74) is 2.61. The minimum atomic E-state index is -0.503. The molecule has 0 radical (unpaired) electrons. The van der Waals surface area contributed by atoms with Crippen LogP contribution in [0.3, 0.4) is 0 Å². The van der Waals surface area contributed by atoms with Gasteiger partial charge < -0.3 is 9.80 Å². The van der Waals surface area contributed by atoms with E-state index >= 15 is 0 Å². The summed E-state index contributed by atoms with van der Waals surface area (Å²) in [6.07, 6.45) is 5.35. The fourth-order valence-corrected chi connectivity index (χ4v) is 4.28. The first-order chi connectivity index (χ1) is 13.1. The van der Waals surface area contributed by atoms with E-state index < -0.39 is 5.91 Å². The van der Waals surface area contributed by atoms with E-state index in [9.17, 15) is 14.0 Å². The molecule has 0 aromatic heterocycles. The summed E-state index contributed by atoms with van der Waals surface area (Å²) >= 11 is 0. The van der Waals surface area contributed by atoms with Crippen molar-refractivity contribution in [2.45, 2.75) is 38.5 Å². The van der Waals surface area contributed by atoms with Crippen LogP contribution in [0.5, 0.6) is 0 Å². The number of carbonyl (C=O) groups is 2. The predicted molar refractivity (Wildman–Crippen MR) is 99.8 cm³/mol. The van der Waals surface area contributed by atoms with E-state index in [1.807, 2.05) is 4.90 Å². The molecule has 0 bridgehead atoms. The van der Waals surface area contributed by atoms with Gasteiger partial charge in [-0.15, -0.1) is 0 Å². The van der Waals surface area contributed by atoms with Gasteiger partial charge in [-0.25, -0.2) is 9.87 Å². The van der Waals surface area contributed by atoms with Gasteiger partial charge in [0.15, 0.2) is 0 Å². The fraction of sp³-hybridized carbons (Fsp3) is 0.600. The van der Waals surface area contributed by atoms with Gasteiger partial charge in [0.25, 0.3) is 0 Å². The van der Waals surface area contributed by atoms with Crippen LogP contribution >= 0.6 is 0 Å². The molecule has 0 spiro atoms. The molecule has 0 unspecified atom stereocenters. The smallest absolute Gasteiger partial charge is 0.244 e. The number of nitrogens with zero attached hydrogens (tertiary/aromatic N) is 2. The SMILES string of the molecule is O=C(C[C@@H](CC1CCCC1)C(=O)N1CCN(c2ccc(F)cc2)CC1)NO. The molecule has 27 heavy (non-hydrogen) atoms. The third-order valence-corrected chi connectivity index (χ3v) is 5.78. The molecule has 1 aromatic rings. The van der Waals surface area contributed by atoms with E-state index in [-0.39, 0.29) is 24.1 Å². The maximum atomic E-state index is 13.1. The highest BCUT2D eigenvalue weighted by Crippen LogP contribution is 2.32. The number of nitrogens with one attached hydrogen (secondary N) is 1. The molecular weight excluding hydrogens is 349 g/mol. The number of hydrogen-bond donors (Lipinski definition) is 2. The van der Waals surface area contributed by atoms with Crippen molar-refractivity contribution in [1.82, 2.24) is 10.4 Å². The lowest BCUT2D eigenvalue weighted by Crippen LogP contribution is -2.51. The Morgan fingerprint density at radius 3 is 2.33 bits per heavy atom. The molecule has 1 saturated heterocycles. The van der Waals surface area contributed by atoms with Gasteiger partial charge in [-0.05, 0) is 36.6 Å². The Labute approximate surface area is 159 Å². The zero-order valence-corrected chi connectivity index (χ0v) is 15.6. The molecule has 3 rings (SSSR count). The van der Waals surface area contributed by atoms with E-state index in [2.05, 4.69) is 4.90 Å². The second kappa shape index (κ2) is 9.17. The molecule has 1 atom stereocenters. The molecule has 148 valence electrons. The maximum absolute atomic E-state index is 13.1. The van der Waals surface area contributed by atoms with Gasteiger partial charge >= 0.3 is 0 Å². The Kier molecular flexibility index (Phi) is 6.66. The summed E-state index contributed by atoms with van der Waals surface area (Å²) in [7, 11) is 0. The van der Waals surface area contributed by atoms with E-state index in [0.717, 1.165) is 18.5 Å². The van der Waals surface area contributed by atoms with Crippen LogP contribution in [-0.4, -0.2) is 48.1 Å². The lowest BCUT2D eigenvalue weighted by Gasteiger charge is -2.38. The van der Waals surface area contributed by atoms with Crippen molar-refractivity contribution >= 4 is 17.5 Å². The normalized spacial score (nSPS) is 19.2. The topological polar surface area (TPSA) is 72.9 Å². The first-order valence-electron chi connectivity index (χ1n) is 9.79. The Hall–Kier alpha value is -2.15. The summed E-state index contributed by atoms with van der Waals surface area (Å²) in [5.74, 6) is -0.645.